The van der Waals surface area contributed by atoms with Crippen LogP contribution in [0, 0.1) is 11.3 Å². The summed E-state index contributed by atoms with van der Waals surface area (Å²) in [6, 6.07) is 16.9. The van der Waals surface area contributed by atoms with Crippen molar-refractivity contribution in [1.82, 2.24) is 4.90 Å². The van der Waals surface area contributed by atoms with Crippen LogP contribution in [0.4, 0.5) is 5.69 Å². The number of nitriles is 1. The molecule has 0 bridgehead atoms. The highest BCUT2D eigenvalue weighted by Crippen LogP contribution is 2.26. The zero-order valence-electron chi connectivity index (χ0n) is 14.0. The van der Waals surface area contributed by atoms with Crippen molar-refractivity contribution in [2.24, 2.45) is 0 Å². The number of hydrogen-bond acceptors (Lipinski definition) is 3. The standard InChI is InChI=1S/C19H19Cl2N3O/c1-23(13-15-7-5-10-17(20)19(15)21)14-18(25)24(12-6-11-22)16-8-3-2-4-9-16/h2-5,7-10H,6,12-14H2,1H3. The average molecular weight is 376 g/mol. The monoisotopic (exact) mass is 375 g/mol. The summed E-state index contributed by atoms with van der Waals surface area (Å²) in [5.41, 5.74) is 1.66. The maximum atomic E-state index is 12.7. The number of hydrogen-bond donors (Lipinski definition) is 0. The quantitative estimate of drug-likeness (QED) is 0.721. The molecule has 0 aliphatic carbocycles. The van der Waals surface area contributed by atoms with Crippen molar-refractivity contribution in [2.45, 2.75) is 13.0 Å². The lowest BCUT2D eigenvalue weighted by atomic mass is 10.2. The molecule has 130 valence electrons. The molecule has 0 heterocycles. The molecule has 0 unspecified atom stereocenters. The summed E-state index contributed by atoms with van der Waals surface area (Å²) in [6.07, 6.45) is 0.282. The fourth-order valence-corrected chi connectivity index (χ4v) is 2.88. The van der Waals surface area contributed by atoms with Crippen LogP contribution in [0.15, 0.2) is 48.5 Å². The van der Waals surface area contributed by atoms with Crippen molar-refractivity contribution < 1.29 is 4.79 Å². The predicted octanol–water partition coefficient (Wildman–Crippen LogP) is 4.37. The molecule has 25 heavy (non-hydrogen) atoms. The molecule has 0 aliphatic heterocycles. The van der Waals surface area contributed by atoms with Crippen molar-refractivity contribution in [3.05, 3.63) is 64.1 Å². The van der Waals surface area contributed by atoms with Gasteiger partial charge in [-0.3, -0.25) is 9.69 Å². The van der Waals surface area contributed by atoms with Gasteiger partial charge >= 0.3 is 0 Å². The van der Waals surface area contributed by atoms with Gasteiger partial charge in [-0.05, 0) is 30.8 Å². The number of anilines is 1. The Morgan fingerprint density at radius 3 is 2.52 bits per heavy atom. The van der Waals surface area contributed by atoms with E-state index < -0.39 is 0 Å². The molecule has 0 saturated carbocycles. The summed E-state index contributed by atoms with van der Waals surface area (Å²) in [5.74, 6) is -0.0675. The SMILES string of the molecule is CN(CC(=O)N(CCC#N)c1ccccc1)Cc1cccc(Cl)c1Cl. The molecule has 6 heteroatoms. The smallest absolute Gasteiger partial charge is 0.241 e. The van der Waals surface area contributed by atoms with E-state index in [1.165, 1.54) is 0 Å². The highest BCUT2D eigenvalue weighted by atomic mass is 35.5. The molecule has 0 aromatic heterocycles. The van der Waals surface area contributed by atoms with Crippen LogP contribution in [0.2, 0.25) is 10.0 Å². The maximum absolute atomic E-state index is 12.7. The average Bonchev–Trinajstić information content (AvgIpc) is 2.60. The van der Waals surface area contributed by atoms with Gasteiger partial charge in [-0.25, -0.2) is 0 Å². The third-order valence-corrected chi connectivity index (χ3v) is 4.55. The van der Waals surface area contributed by atoms with E-state index in [9.17, 15) is 4.79 Å². The zero-order chi connectivity index (χ0) is 18.2. The highest BCUT2D eigenvalue weighted by Gasteiger charge is 2.18. The minimum atomic E-state index is -0.0675. The fourth-order valence-electron chi connectivity index (χ4n) is 2.50. The molecule has 2 rings (SSSR count). The first-order valence-corrected chi connectivity index (χ1v) is 8.62. The second kappa shape index (κ2) is 9.43. The fraction of sp³-hybridized carbons (Fsp3) is 0.263. The Bertz CT molecular complexity index is 759. The van der Waals surface area contributed by atoms with Gasteiger partial charge in [0.05, 0.1) is 29.1 Å². The lowest BCUT2D eigenvalue weighted by Crippen LogP contribution is -2.39. The van der Waals surface area contributed by atoms with Crippen molar-refractivity contribution in [3.63, 3.8) is 0 Å². The highest BCUT2D eigenvalue weighted by molar-refractivity contribution is 6.42. The number of likely N-dealkylation sites (N-methyl/N-ethyl adjacent to an activating group) is 1. The van der Waals surface area contributed by atoms with Gasteiger partial charge < -0.3 is 4.90 Å². The summed E-state index contributed by atoms with van der Waals surface area (Å²) in [4.78, 5) is 16.2. The van der Waals surface area contributed by atoms with Crippen molar-refractivity contribution >= 4 is 34.8 Å². The van der Waals surface area contributed by atoms with Gasteiger partial charge in [-0.1, -0.05) is 53.5 Å². The molecule has 0 radical (unpaired) electrons. The van der Waals surface area contributed by atoms with E-state index in [0.717, 1.165) is 11.3 Å². The zero-order valence-corrected chi connectivity index (χ0v) is 15.5. The molecule has 2 aromatic carbocycles. The Balaban J connectivity index is 2.06. The first-order chi connectivity index (χ1) is 12.0. The number of para-hydroxylation sites is 1. The summed E-state index contributed by atoms with van der Waals surface area (Å²) >= 11 is 12.2. The molecular formula is C19H19Cl2N3O. The van der Waals surface area contributed by atoms with E-state index in [2.05, 4.69) is 6.07 Å². The summed E-state index contributed by atoms with van der Waals surface area (Å²) in [6.45, 7) is 1.08. The number of rotatable bonds is 7. The van der Waals surface area contributed by atoms with E-state index in [0.29, 0.717) is 23.1 Å². The van der Waals surface area contributed by atoms with Crippen LogP contribution >= 0.6 is 23.2 Å². The van der Waals surface area contributed by atoms with E-state index in [1.54, 1.807) is 11.0 Å². The molecule has 0 saturated heterocycles. The molecule has 0 atom stereocenters. The van der Waals surface area contributed by atoms with Crippen LogP contribution in [-0.2, 0) is 11.3 Å². The third-order valence-electron chi connectivity index (χ3n) is 3.69. The topological polar surface area (TPSA) is 47.3 Å². The number of carbonyl (C=O) groups is 1. The Kier molecular flexibility index (Phi) is 7.27. The normalized spacial score (nSPS) is 10.5. The van der Waals surface area contributed by atoms with Crippen LogP contribution < -0.4 is 4.90 Å². The van der Waals surface area contributed by atoms with Crippen molar-refractivity contribution in [3.8, 4) is 6.07 Å². The molecule has 2 aromatic rings. The minimum absolute atomic E-state index is 0.0675. The van der Waals surface area contributed by atoms with Crippen LogP contribution in [0.5, 0.6) is 0 Å². The number of nitrogens with zero attached hydrogens (tertiary/aromatic N) is 3. The number of carbonyl (C=O) groups excluding carboxylic acids is 1. The number of amides is 1. The van der Waals surface area contributed by atoms with Gasteiger partial charge in [0.15, 0.2) is 0 Å². The molecular weight excluding hydrogens is 357 g/mol. The second-order valence-electron chi connectivity index (χ2n) is 5.67. The summed E-state index contributed by atoms with van der Waals surface area (Å²) in [5, 5.41) is 9.86. The second-order valence-corrected chi connectivity index (χ2v) is 6.46. The van der Waals surface area contributed by atoms with Gasteiger partial charge in [-0.2, -0.15) is 5.26 Å². The Morgan fingerprint density at radius 1 is 1.12 bits per heavy atom. The predicted molar refractivity (Wildman–Crippen MR) is 102 cm³/mol. The molecule has 1 amide bonds. The molecule has 0 N–H and O–H groups in total. The first-order valence-electron chi connectivity index (χ1n) is 7.86. The lowest BCUT2D eigenvalue weighted by molar-refractivity contribution is -0.119. The van der Waals surface area contributed by atoms with Gasteiger partial charge in [-0.15, -0.1) is 0 Å². The molecule has 0 fully saturated rings. The van der Waals surface area contributed by atoms with Crippen molar-refractivity contribution in [2.75, 3.05) is 25.0 Å². The van der Waals surface area contributed by atoms with E-state index in [1.807, 2.05) is 54.4 Å². The first kappa shape index (κ1) is 19.3. The largest absolute Gasteiger partial charge is 0.310 e. The van der Waals surface area contributed by atoms with Crippen LogP contribution in [-0.4, -0.2) is 30.9 Å². The molecule has 0 aliphatic rings. The van der Waals surface area contributed by atoms with E-state index >= 15 is 0 Å². The van der Waals surface area contributed by atoms with Crippen LogP contribution in [0.25, 0.3) is 0 Å². The molecule has 0 spiro atoms. The summed E-state index contributed by atoms with van der Waals surface area (Å²) < 4.78 is 0. The molecule has 4 nitrogen and oxygen atoms in total. The van der Waals surface area contributed by atoms with Gasteiger partial charge in [0, 0.05) is 18.8 Å². The van der Waals surface area contributed by atoms with Gasteiger partial charge in [0.1, 0.15) is 0 Å². The van der Waals surface area contributed by atoms with Gasteiger partial charge in [0.25, 0.3) is 0 Å². The lowest BCUT2D eigenvalue weighted by Gasteiger charge is -2.25. The number of benzene rings is 2. The Morgan fingerprint density at radius 2 is 1.84 bits per heavy atom. The van der Waals surface area contributed by atoms with Crippen molar-refractivity contribution in [1.29, 1.82) is 5.26 Å². The van der Waals surface area contributed by atoms with Crippen LogP contribution in [0.3, 0.4) is 0 Å². The Labute approximate surface area is 158 Å². The Hall–Kier alpha value is -2.06. The van der Waals surface area contributed by atoms with E-state index in [4.69, 9.17) is 28.5 Å². The van der Waals surface area contributed by atoms with Gasteiger partial charge in [0.2, 0.25) is 5.91 Å². The minimum Gasteiger partial charge on any atom is -0.310 e. The maximum Gasteiger partial charge on any atom is 0.241 e. The number of halogens is 2. The van der Waals surface area contributed by atoms with E-state index in [-0.39, 0.29) is 18.9 Å². The third kappa shape index (κ3) is 5.47. The summed E-state index contributed by atoms with van der Waals surface area (Å²) in [7, 11) is 1.85. The van der Waals surface area contributed by atoms with Crippen LogP contribution in [0.1, 0.15) is 12.0 Å².